The molecule has 0 bridgehead atoms. The lowest BCUT2D eigenvalue weighted by atomic mass is 9.84. The number of nitrogens with zero attached hydrogens (tertiary/aromatic N) is 2. The fourth-order valence-electron chi connectivity index (χ4n) is 5.15. The maximum atomic E-state index is 13.0. The third-order valence-electron chi connectivity index (χ3n) is 6.55. The van der Waals surface area contributed by atoms with Crippen molar-refractivity contribution in [2.45, 2.75) is 52.7 Å². The van der Waals surface area contributed by atoms with E-state index in [9.17, 15) is 14.9 Å². The van der Waals surface area contributed by atoms with E-state index in [1.165, 1.54) is 13.0 Å². The number of fused-ring (bicyclic) bond motifs is 1. The number of hydrogen-bond donors (Lipinski definition) is 0. The van der Waals surface area contributed by atoms with Crippen molar-refractivity contribution < 1.29 is 19.2 Å². The third kappa shape index (κ3) is 3.99. The van der Waals surface area contributed by atoms with E-state index in [0.29, 0.717) is 22.9 Å². The third-order valence-corrected chi connectivity index (χ3v) is 6.55. The number of rotatable bonds is 5. The van der Waals surface area contributed by atoms with Crippen LogP contribution in [0.25, 0.3) is 32.8 Å². The number of benzene rings is 3. The van der Waals surface area contributed by atoms with Crippen molar-refractivity contribution in [3.63, 3.8) is 0 Å². The SMILES string of the molecule is CC(=O)C(OC(C)(C)C)c1c(C)cc2c([N+](=O)[O-])cccc2c1-c1ccc2c3c(ccnc13)CCO2. The maximum Gasteiger partial charge on any atom is 0.277 e. The summed E-state index contributed by atoms with van der Waals surface area (Å²) in [6.45, 7) is 9.71. The van der Waals surface area contributed by atoms with Crippen LogP contribution in [-0.4, -0.2) is 27.9 Å². The zero-order chi connectivity index (χ0) is 25.8. The number of ketones is 1. The second kappa shape index (κ2) is 8.68. The van der Waals surface area contributed by atoms with Crippen molar-refractivity contribution in [1.29, 1.82) is 0 Å². The number of ether oxygens (including phenoxy) is 2. The van der Waals surface area contributed by atoms with Crippen LogP contribution in [-0.2, 0) is 16.0 Å². The molecule has 5 rings (SSSR count). The summed E-state index contributed by atoms with van der Waals surface area (Å²) in [5.74, 6) is 0.625. The number of Topliss-reactive ketones (excluding diaryl/α,β-unsaturated/α-hetero) is 1. The molecule has 0 aliphatic carbocycles. The summed E-state index contributed by atoms with van der Waals surface area (Å²) in [6.07, 6.45) is 1.70. The molecule has 0 N–H and O–H groups in total. The average Bonchev–Trinajstić information content (AvgIpc) is 2.81. The standard InChI is InChI=1S/C29H28N2O5/c1-16-15-21-19(7-6-8-22(21)31(33)34)26(24(16)28(17(2)32)36-29(3,4)5)20-9-10-23-25-18(12-14-35-23)11-13-30-27(20)25/h6-11,13,15,28H,12,14H2,1-5H3. The van der Waals surface area contributed by atoms with Gasteiger partial charge in [-0.1, -0.05) is 12.1 Å². The lowest BCUT2D eigenvalue weighted by Crippen LogP contribution is -2.27. The number of carbonyl (C=O) groups excluding carboxylic acids is 1. The van der Waals surface area contributed by atoms with Gasteiger partial charge in [0.05, 0.1) is 28.0 Å². The molecule has 0 radical (unpaired) electrons. The van der Waals surface area contributed by atoms with Crippen LogP contribution in [0.1, 0.15) is 50.5 Å². The van der Waals surface area contributed by atoms with Crippen LogP contribution in [0, 0.1) is 17.0 Å². The largest absolute Gasteiger partial charge is 0.493 e. The molecular formula is C29H28N2O5. The van der Waals surface area contributed by atoms with Crippen molar-refractivity contribution in [3.8, 4) is 16.9 Å². The van der Waals surface area contributed by atoms with Crippen LogP contribution in [0.3, 0.4) is 0 Å². The summed E-state index contributed by atoms with van der Waals surface area (Å²) in [5.41, 5.74) is 4.25. The molecule has 7 nitrogen and oxygen atoms in total. The Morgan fingerprint density at radius 3 is 2.64 bits per heavy atom. The minimum Gasteiger partial charge on any atom is -0.493 e. The molecule has 0 saturated heterocycles. The fourth-order valence-corrected chi connectivity index (χ4v) is 5.15. The van der Waals surface area contributed by atoms with Gasteiger partial charge in [-0.3, -0.25) is 19.9 Å². The van der Waals surface area contributed by atoms with Crippen LogP contribution in [0.4, 0.5) is 5.69 Å². The summed E-state index contributed by atoms with van der Waals surface area (Å²) in [4.78, 5) is 29.3. The maximum absolute atomic E-state index is 13.0. The lowest BCUT2D eigenvalue weighted by molar-refractivity contribution is -0.383. The summed E-state index contributed by atoms with van der Waals surface area (Å²) in [6, 6.07) is 12.7. The van der Waals surface area contributed by atoms with E-state index < -0.39 is 11.7 Å². The Bertz CT molecular complexity index is 1540. The second-order valence-electron chi connectivity index (χ2n) is 10.2. The van der Waals surface area contributed by atoms with Gasteiger partial charge >= 0.3 is 0 Å². The van der Waals surface area contributed by atoms with Crippen LogP contribution >= 0.6 is 0 Å². The van der Waals surface area contributed by atoms with Gasteiger partial charge in [0.1, 0.15) is 11.9 Å². The van der Waals surface area contributed by atoms with Crippen molar-refractivity contribution >= 4 is 33.1 Å². The quantitative estimate of drug-likeness (QED) is 0.233. The van der Waals surface area contributed by atoms with E-state index in [4.69, 9.17) is 14.5 Å². The average molecular weight is 485 g/mol. The first-order valence-corrected chi connectivity index (χ1v) is 12.0. The normalized spacial score (nSPS) is 14.0. The van der Waals surface area contributed by atoms with Crippen LogP contribution < -0.4 is 4.74 Å². The molecular weight excluding hydrogens is 456 g/mol. The van der Waals surface area contributed by atoms with E-state index in [1.807, 2.05) is 52.0 Å². The van der Waals surface area contributed by atoms with E-state index in [-0.39, 0.29) is 16.4 Å². The van der Waals surface area contributed by atoms with Gasteiger partial charge < -0.3 is 9.47 Å². The molecule has 0 fully saturated rings. The monoisotopic (exact) mass is 484 g/mol. The molecule has 1 aliphatic rings. The van der Waals surface area contributed by atoms with Crippen LogP contribution in [0.5, 0.6) is 5.75 Å². The molecule has 2 heterocycles. The minimum absolute atomic E-state index is 0.0125. The highest BCUT2D eigenvalue weighted by Gasteiger charge is 2.31. The summed E-state index contributed by atoms with van der Waals surface area (Å²) in [7, 11) is 0. The van der Waals surface area contributed by atoms with Gasteiger partial charge in [0, 0.05) is 29.6 Å². The summed E-state index contributed by atoms with van der Waals surface area (Å²) in [5, 5.41) is 14.1. The van der Waals surface area contributed by atoms with Crippen molar-refractivity contribution in [2.75, 3.05) is 6.61 Å². The summed E-state index contributed by atoms with van der Waals surface area (Å²) < 4.78 is 12.2. The van der Waals surface area contributed by atoms with Gasteiger partial charge in [-0.05, 0) is 86.5 Å². The van der Waals surface area contributed by atoms with Gasteiger partial charge in [0.15, 0.2) is 5.78 Å². The predicted octanol–water partition coefficient (Wildman–Crippen LogP) is 6.65. The number of hydrogen-bond acceptors (Lipinski definition) is 6. The molecule has 0 amide bonds. The first-order valence-electron chi connectivity index (χ1n) is 12.0. The topological polar surface area (TPSA) is 91.6 Å². The molecule has 7 heteroatoms. The first kappa shape index (κ1) is 23.9. The number of non-ortho nitro benzene ring substituents is 1. The molecule has 1 unspecified atom stereocenters. The van der Waals surface area contributed by atoms with E-state index in [0.717, 1.165) is 45.3 Å². The molecule has 0 spiro atoms. The molecule has 184 valence electrons. The van der Waals surface area contributed by atoms with Gasteiger partial charge in [-0.15, -0.1) is 0 Å². The molecule has 4 aromatic rings. The smallest absolute Gasteiger partial charge is 0.277 e. The van der Waals surface area contributed by atoms with Gasteiger partial charge in [-0.25, -0.2) is 0 Å². The minimum atomic E-state index is -0.856. The van der Waals surface area contributed by atoms with Gasteiger partial charge in [0.2, 0.25) is 0 Å². The predicted molar refractivity (Wildman–Crippen MR) is 140 cm³/mol. The summed E-state index contributed by atoms with van der Waals surface area (Å²) >= 11 is 0. The van der Waals surface area contributed by atoms with E-state index in [2.05, 4.69) is 0 Å². The zero-order valence-corrected chi connectivity index (χ0v) is 21.0. The lowest BCUT2D eigenvalue weighted by Gasteiger charge is -2.30. The number of nitro benzene ring substituents is 1. The zero-order valence-electron chi connectivity index (χ0n) is 21.0. The second-order valence-corrected chi connectivity index (χ2v) is 10.2. The number of aromatic nitrogens is 1. The molecule has 1 aromatic heterocycles. The Hall–Kier alpha value is -3.84. The number of carbonyl (C=O) groups is 1. The van der Waals surface area contributed by atoms with Crippen LogP contribution in [0.2, 0.25) is 0 Å². The molecule has 1 aliphatic heterocycles. The molecule has 36 heavy (non-hydrogen) atoms. The Balaban J connectivity index is 1.95. The highest BCUT2D eigenvalue weighted by atomic mass is 16.6. The first-order chi connectivity index (χ1) is 17.1. The van der Waals surface area contributed by atoms with Crippen molar-refractivity contribution in [2.24, 2.45) is 0 Å². The number of aryl methyl sites for hydroxylation is 1. The number of pyridine rings is 1. The molecule has 0 saturated carbocycles. The van der Waals surface area contributed by atoms with Gasteiger partial charge in [0.25, 0.3) is 5.69 Å². The van der Waals surface area contributed by atoms with Crippen molar-refractivity contribution in [3.05, 3.63) is 75.5 Å². The van der Waals surface area contributed by atoms with E-state index in [1.54, 1.807) is 18.3 Å². The highest BCUT2D eigenvalue weighted by Crippen LogP contribution is 2.46. The molecule has 1 atom stereocenters. The number of nitro groups is 1. The van der Waals surface area contributed by atoms with Crippen molar-refractivity contribution in [1.82, 2.24) is 4.98 Å². The molecule has 3 aromatic carbocycles. The van der Waals surface area contributed by atoms with Crippen LogP contribution in [0.15, 0.2) is 48.7 Å². The Kier molecular flexibility index (Phi) is 5.75. The Labute approximate surface area is 209 Å². The Morgan fingerprint density at radius 1 is 1.17 bits per heavy atom. The fraction of sp³-hybridized carbons (Fsp3) is 0.310. The Morgan fingerprint density at radius 2 is 1.94 bits per heavy atom. The van der Waals surface area contributed by atoms with E-state index >= 15 is 0 Å². The highest BCUT2D eigenvalue weighted by molar-refractivity contribution is 6.10. The van der Waals surface area contributed by atoms with Gasteiger partial charge in [-0.2, -0.15) is 0 Å².